The number of hydrogen-bond acceptors (Lipinski definition) is 6. The summed E-state index contributed by atoms with van der Waals surface area (Å²) in [5.41, 5.74) is 0. The van der Waals surface area contributed by atoms with E-state index in [-0.39, 0.29) is 11.9 Å². The van der Waals surface area contributed by atoms with Gasteiger partial charge in [0.05, 0.1) is 0 Å². The van der Waals surface area contributed by atoms with Gasteiger partial charge in [0.2, 0.25) is 0 Å². The molecule has 0 atom stereocenters. The van der Waals surface area contributed by atoms with E-state index < -0.39 is 0 Å². The summed E-state index contributed by atoms with van der Waals surface area (Å²) in [6.45, 7) is 14.8. The Balaban J connectivity index is 4.02. The molecule has 0 aliphatic heterocycles. The van der Waals surface area contributed by atoms with E-state index >= 15 is 0 Å². The van der Waals surface area contributed by atoms with Gasteiger partial charge in [-0.2, -0.15) is 0 Å². The van der Waals surface area contributed by atoms with Gasteiger partial charge in [0.15, 0.2) is 0 Å². The van der Waals surface area contributed by atoms with Crippen LogP contribution in [0.25, 0.3) is 0 Å². The number of carbonyl (C=O) groups is 2. The first-order valence-corrected chi connectivity index (χ1v) is 25.3. The van der Waals surface area contributed by atoms with Crippen LogP contribution in [-0.2, 0) is 19.1 Å². The van der Waals surface area contributed by atoms with Gasteiger partial charge in [0, 0.05) is 12.8 Å². The fraction of sp³-hybridized carbons (Fsp3) is 0.885. The Kier molecular flexibility index (Phi) is 43.6. The normalized spacial score (nSPS) is 12.1. The lowest BCUT2D eigenvalue weighted by molar-refractivity contribution is -0.143. The van der Waals surface area contributed by atoms with Gasteiger partial charge in [0.1, 0.15) is 13.2 Å². The predicted octanol–water partition coefficient (Wildman–Crippen LogP) is 14.8. The van der Waals surface area contributed by atoms with Gasteiger partial charge >= 0.3 is 11.9 Å². The molecular formula is C52H100N2O4. The van der Waals surface area contributed by atoms with Crippen LogP contribution >= 0.6 is 0 Å². The maximum absolute atomic E-state index is 12.2. The highest BCUT2D eigenvalue weighted by atomic mass is 16.5. The molecule has 0 bridgehead atoms. The van der Waals surface area contributed by atoms with E-state index in [1.165, 1.54) is 180 Å². The van der Waals surface area contributed by atoms with Gasteiger partial charge in [-0.05, 0) is 103 Å². The second-order valence-electron chi connectivity index (χ2n) is 17.9. The number of allylic oxidation sites excluding steroid dienone is 2. The molecule has 58 heavy (non-hydrogen) atoms. The molecule has 0 saturated carbocycles. The zero-order valence-corrected chi connectivity index (χ0v) is 39.9. The summed E-state index contributed by atoms with van der Waals surface area (Å²) in [5.74, 6) is 1.48. The smallest absolute Gasteiger partial charge is 0.306 e. The first-order chi connectivity index (χ1) is 28.4. The summed E-state index contributed by atoms with van der Waals surface area (Å²) in [6, 6.07) is 0. The fourth-order valence-electron chi connectivity index (χ4n) is 7.95. The van der Waals surface area contributed by atoms with Crippen LogP contribution < -0.4 is 0 Å². The topological polar surface area (TPSA) is 59.1 Å². The summed E-state index contributed by atoms with van der Waals surface area (Å²) >= 11 is 0. The summed E-state index contributed by atoms with van der Waals surface area (Å²) in [4.78, 5) is 29.4. The Morgan fingerprint density at radius 1 is 0.414 bits per heavy atom. The largest absolute Gasteiger partial charge is 0.461 e. The first kappa shape index (κ1) is 56.3. The van der Waals surface area contributed by atoms with E-state index in [0.29, 0.717) is 26.1 Å². The summed E-state index contributed by atoms with van der Waals surface area (Å²) in [7, 11) is 4.34. The third-order valence-corrected chi connectivity index (χ3v) is 11.9. The van der Waals surface area contributed by atoms with E-state index in [1.807, 2.05) is 0 Å². The third-order valence-electron chi connectivity index (χ3n) is 11.9. The minimum absolute atomic E-state index is 0.0411. The molecule has 0 radical (unpaired) electrons. The standard InChI is InChI=1S/C52H100N2O4/c1-7-11-35-49(36-12-8-2)39-27-33-47-57-51(55)41-25-21-17-15-19-23-29-44-54(46-32-31-43-53(5)6)45-30-24-20-16-18-22-26-42-52(56)58-48-34-28-40-50(37-13-9-3)38-14-10-4/h27-28,33-34,49-50H,7-26,29-32,35-48H2,1-6H3/b33-27-,34-28-. The summed E-state index contributed by atoms with van der Waals surface area (Å²) in [5, 5.41) is 0. The minimum Gasteiger partial charge on any atom is -0.461 e. The molecule has 6 heteroatoms. The number of hydrogen-bond donors (Lipinski definition) is 0. The molecule has 342 valence electrons. The lowest BCUT2D eigenvalue weighted by Crippen LogP contribution is -2.28. The van der Waals surface area contributed by atoms with Gasteiger partial charge in [-0.1, -0.05) is 193 Å². The third kappa shape index (κ3) is 41.1. The Hall–Kier alpha value is -1.66. The van der Waals surface area contributed by atoms with Crippen molar-refractivity contribution >= 4 is 11.9 Å². The van der Waals surface area contributed by atoms with Gasteiger partial charge in [0.25, 0.3) is 0 Å². The quantitative estimate of drug-likeness (QED) is 0.0347. The zero-order valence-electron chi connectivity index (χ0n) is 39.9. The molecule has 0 fully saturated rings. The predicted molar refractivity (Wildman–Crippen MR) is 253 cm³/mol. The van der Waals surface area contributed by atoms with Crippen molar-refractivity contribution in [3.8, 4) is 0 Å². The van der Waals surface area contributed by atoms with Gasteiger partial charge in [-0.15, -0.1) is 0 Å². The van der Waals surface area contributed by atoms with Crippen molar-refractivity contribution in [1.29, 1.82) is 0 Å². The molecule has 0 saturated heterocycles. The van der Waals surface area contributed by atoms with Crippen LogP contribution in [0.1, 0.15) is 233 Å². The van der Waals surface area contributed by atoms with Crippen LogP contribution in [-0.4, -0.2) is 75.2 Å². The highest BCUT2D eigenvalue weighted by Crippen LogP contribution is 2.21. The van der Waals surface area contributed by atoms with Crippen LogP contribution in [0.15, 0.2) is 24.3 Å². The molecular weight excluding hydrogens is 717 g/mol. The molecule has 0 aromatic rings. The molecule has 0 aliphatic rings. The fourth-order valence-corrected chi connectivity index (χ4v) is 7.95. The molecule has 0 amide bonds. The van der Waals surface area contributed by atoms with Crippen molar-refractivity contribution in [2.24, 2.45) is 11.8 Å². The molecule has 0 aromatic heterocycles. The first-order valence-electron chi connectivity index (χ1n) is 25.3. The van der Waals surface area contributed by atoms with Crippen molar-refractivity contribution in [3.63, 3.8) is 0 Å². The van der Waals surface area contributed by atoms with Crippen molar-refractivity contribution in [3.05, 3.63) is 24.3 Å². The SMILES string of the molecule is CCCCC(C/C=C\COC(=O)CCCCCCCCCN(CCCCCCCCCC(=O)OC/C=C\CC(CCCC)CCCC)CCCCN(C)C)CCCC. The van der Waals surface area contributed by atoms with Crippen molar-refractivity contribution in [1.82, 2.24) is 9.80 Å². The number of nitrogens with zero attached hydrogens (tertiary/aromatic N) is 2. The zero-order chi connectivity index (χ0) is 42.6. The van der Waals surface area contributed by atoms with E-state index in [0.717, 1.165) is 50.4 Å². The number of rotatable bonds is 45. The Labute approximate surface area is 362 Å². The average Bonchev–Trinajstić information content (AvgIpc) is 3.21. The van der Waals surface area contributed by atoms with Crippen LogP contribution in [0.3, 0.4) is 0 Å². The number of ether oxygens (including phenoxy) is 2. The van der Waals surface area contributed by atoms with Gasteiger partial charge < -0.3 is 19.3 Å². The second-order valence-corrected chi connectivity index (χ2v) is 17.9. The molecule has 0 heterocycles. The minimum atomic E-state index is -0.0411. The number of carbonyl (C=O) groups excluding carboxylic acids is 2. The van der Waals surface area contributed by atoms with Gasteiger partial charge in [-0.25, -0.2) is 0 Å². The van der Waals surface area contributed by atoms with Crippen molar-refractivity contribution < 1.29 is 19.1 Å². The summed E-state index contributed by atoms with van der Waals surface area (Å²) in [6.07, 6.45) is 47.1. The lowest BCUT2D eigenvalue weighted by atomic mass is 9.93. The Morgan fingerprint density at radius 3 is 1.07 bits per heavy atom. The monoisotopic (exact) mass is 817 g/mol. The Bertz CT molecular complexity index is 852. The van der Waals surface area contributed by atoms with E-state index in [1.54, 1.807) is 0 Å². The van der Waals surface area contributed by atoms with Gasteiger partial charge in [-0.3, -0.25) is 9.59 Å². The highest BCUT2D eigenvalue weighted by Gasteiger charge is 2.09. The molecule has 0 N–H and O–H groups in total. The molecule has 6 nitrogen and oxygen atoms in total. The highest BCUT2D eigenvalue weighted by molar-refractivity contribution is 5.69. The molecule has 0 unspecified atom stereocenters. The van der Waals surface area contributed by atoms with Crippen LogP contribution in [0.2, 0.25) is 0 Å². The maximum atomic E-state index is 12.2. The number of esters is 2. The average molecular weight is 817 g/mol. The molecule has 0 rings (SSSR count). The lowest BCUT2D eigenvalue weighted by Gasteiger charge is -2.23. The van der Waals surface area contributed by atoms with Crippen LogP contribution in [0.4, 0.5) is 0 Å². The van der Waals surface area contributed by atoms with Crippen molar-refractivity contribution in [2.45, 2.75) is 233 Å². The van der Waals surface area contributed by atoms with E-state index in [9.17, 15) is 9.59 Å². The van der Waals surface area contributed by atoms with Crippen LogP contribution in [0, 0.1) is 11.8 Å². The van der Waals surface area contributed by atoms with E-state index in [4.69, 9.17) is 9.47 Å². The molecule has 0 spiro atoms. The maximum Gasteiger partial charge on any atom is 0.306 e. The number of unbranched alkanes of at least 4 members (excludes halogenated alkanes) is 17. The summed E-state index contributed by atoms with van der Waals surface area (Å²) < 4.78 is 10.9. The van der Waals surface area contributed by atoms with E-state index in [2.05, 4.69) is 75.9 Å². The molecule has 0 aliphatic carbocycles. The van der Waals surface area contributed by atoms with Crippen LogP contribution in [0.5, 0.6) is 0 Å². The van der Waals surface area contributed by atoms with Crippen molar-refractivity contribution in [2.75, 3.05) is 53.5 Å². The second kappa shape index (κ2) is 44.9. The molecule has 0 aromatic carbocycles. The Morgan fingerprint density at radius 2 is 0.724 bits per heavy atom.